The van der Waals surface area contributed by atoms with E-state index in [-0.39, 0.29) is 83.8 Å². The van der Waals surface area contributed by atoms with Crippen molar-refractivity contribution in [3.63, 3.8) is 0 Å². The van der Waals surface area contributed by atoms with Crippen LogP contribution in [0.4, 0.5) is 26.3 Å². The second-order valence-electron chi connectivity index (χ2n) is 19.2. The second kappa shape index (κ2) is 21.1. The van der Waals surface area contributed by atoms with Crippen LogP contribution in [0.5, 0.6) is 0 Å². The first-order valence-electron chi connectivity index (χ1n) is 25.4. The van der Waals surface area contributed by atoms with Gasteiger partial charge in [0.15, 0.2) is 0 Å². The predicted octanol–water partition coefficient (Wildman–Crippen LogP) is 16.5. The van der Waals surface area contributed by atoms with E-state index in [1.165, 1.54) is 24.3 Å². The van der Waals surface area contributed by atoms with E-state index in [2.05, 4.69) is 0 Å². The minimum Gasteiger partial charge on any atom is -0.657 e. The van der Waals surface area contributed by atoms with Gasteiger partial charge in [-0.1, -0.05) is 170 Å². The Bertz CT molecular complexity index is 4300. The zero-order valence-electron chi connectivity index (χ0n) is 43.0. The van der Waals surface area contributed by atoms with Gasteiger partial charge in [-0.2, -0.15) is 26.3 Å². The fourth-order valence-electron chi connectivity index (χ4n) is 10.9. The van der Waals surface area contributed by atoms with Gasteiger partial charge in [0.1, 0.15) is 0 Å². The van der Waals surface area contributed by atoms with Crippen molar-refractivity contribution in [3.8, 4) is 55.6 Å². The van der Waals surface area contributed by atoms with Gasteiger partial charge < -0.3 is 19.9 Å². The molecule has 0 saturated heterocycles. The van der Waals surface area contributed by atoms with Gasteiger partial charge in [-0.25, -0.2) is 19.9 Å². The summed E-state index contributed by atoms with van der Waals surface area (Å²) in [5.41, 5.74) is 6.74. The van der Waals surface area contributed by atoms with Crippen molar-refractivity contribution < 1.29 is 65.3 Å². The van der Waals surface area contributed by atoms with Crippen molar-refractivity contribution in [3.05, 3.63) is 227 Å². The Morgan fingerprint density at radius 2 is 0.427 bits per heavy atom. The fraction of sp³-hybridized carbons (Fsp3) is 0.0303. The summed E-state index contributed by atoms with van der Waals surface area (Å²) in [4.78, 5) is 40.3. The molecule has 16 bridgehead atoms. The predicted molar refractivity (Wildman–Crippen MR) is 304 cm³/mol. The molecule has 14 rings (SSSR count). The van der Waals surface area contributed by atoms with Gasteiger partial charge in [-0.3, -0.25) is 0 Å². The Hall–Kier alpha value is -9.09. The van der Waals surface area contributed by atoms with E-state index in [9.17, 15) is 0 Å². The van der Waals surface area contributed by atoms with Gasteiger partial charge in [-0.05, 0) is 104 Å². The molecule has 0 fully saturated rings. The zero-order valence-corrected chi connectivity index (χ0v) is 49.0. The summed E-state index contributed by atoms with van der Waals surface area (Å²) in [7, 11) is 0. The second-order valence-corrected chi connectivity index (χ2v) is 19.2. The molecular weight excluding hydrogens is 1150 g/mol. The first-order valence-corrected chi connectivity index (χ1v) is 25.4. The molecule has 386 valence electrons. The normalized spacial score (nSPS) is 12.6. The van der Waals surface area contributed by atoms with Crippen LogP contribution < -0.4 is 19.9 Å². The molecule has 0 radical (unpaired) electrons. The quantitative estimate of drug-likeness (QED) is 0.124. The molecule has 6 aromatic heterocycles. The summed E-state index contributed by atoms with van der Waals surface area (Å²) in [6.07, 6.45) is 3.48. The molecule has 4 aliphatic rings. The average molecular weight is 1190 g/mol. The fourth-order valence-corrected chi connectivity index (χ4v) is 10.9. The number of benzene rings is 4. The summed E-state index contributed by atoms with van der Waals surface area (Å²) in [5, 5.41) is 0. The van der Waals surface area contributed by atoms with Gasteiger partial charge in [-0.15, -0.1) is 44.1 Å². The molecule has 0 N–H and O–H groups in total. The number of hydrogen-bond acceptors (Lipinski definition) is 4. The number of alkyl halides is 6. The SMILES string of the molecule is FC(F)(F)c1c2nc(c(-c3ccccc3)c3ccc([n-]3)c(-c3c4nc(c(-c5ccccc5)c5ccc([n-]5)c(C(F)(F)F)c5nc(c(-c6ccccc6)c6ccc3[n-]6)C=C5)C=C4)c3nc(c(-c4ccccc4)c4ccc1[n-]4)C=C3)C=C2.[Zn+2].[Zn+2]. The van der Waals surface area contributed by atoms with Crippen molar-refractivity contribution in [2.45, 2.75) is 12.4 Å². The molecular formula is C66H36F6N8Zn2. The maximum absolute atomic E-state index is 15.4. The molecule has 4 aromatic carbocycles. The Morgan fingerprint density at radius 3 is 0.683 bits per heavy atom. The van der Waals surface area contributed by atoms with E-state index in [1.807, 2.05) is 170 Å². The van der Waals surface area contributed by atoms with Crippen molar-refractivity contribution in [1.82, 2.24) is 39.9 Å². The number of aromatic nitrogens is 8. The molecule has 0 saturated carbocycles. The Balaban J connectivity index is 0.00000333. The number of halogens is 6. The maximum atomic E-state index is 15.4. The van der Waals surface area contributed by atoms with Crippen molar-refractivity contribution in [2.24, 2.45) is 0 Å². The number of hydrogen-bond donors (Lipinski definition) is 0. The van der Waals surface area contributed by atoms with Crippen molar-refractivity contribution in [2.75, 3.05) is 0 Å². The van der Waals surface area contributed by atoms with Crippen LogP contribution in [0.2, 0.25) is 0 Å². The minimum atomic E-state index is -4.84. The van der Waals surface area contributed by atoms with E-state index in [0.29, 0.717) is 100 Å². The first-order chi connectivity index (χ1) is 38.9. The molecule has 16 heteroatoms. The molecule has 4 aliphatic heterocycles. The van der Waals surface area contributed by atoms with Gasteiger partial charge >= 0.3 is 51.3 Å². The minimum absolute atomic E-state index is 0. The van der Waals surface area contributed by atoms with Gasteiger partial charge in [0.25, 0.3) is 0 Å². The summed E-state index contributed by atoms with van der Waals surface area (Å²) in [6.45, 7) is 0. The van der Waals surface area contributed by atoms with Crippen LogP contribution in [0.3, 0.4) is 0 Å². The Morgan fingerprint density at radius 1 is 0.232 bits per heavy atom. The van der Waals surface area contributed by atoms with E-state index in [4.69, 9.17) is 39.9 Å². The molecule has 10 aromatic rings. The first kappa shape index (κ1) is 53.5. The van der Waals surface area contributed by atoms with Gasteiger partial charge in [0, 0.05) is 0 Å². The van der Waals surface area contributed by atoms with Crippen LogP contribution in [0.25, 0.3) is 148 Å². The summed E-state index contributed by atoms with van der Waals surface area (Å²) in [5.74, 6) is 0. The molecule has 8 nitrogen and oxygen atoms in total. The molecule has 0 unspecified atom stereocenters. The number of nitrogens with zero attached hydrogens (tertiary/aromatic N) is 8. The Labute approximate surface area is 489 Å². The molecule has 82 heavy (non-hydrogen) atoms. The van der Waals surface area contributed by atoms with E-state index >= 15 is 26.3 Å². The van der Waals surface area contributed by atoms with Crippen molar-refractivity contribution >= 4 is 92.7 Å². The number of rotatable bonds is 5. The molecule has 0 aliphatic carbocycles. The third-order valence-corrected chi connectivity index (χ3v) is 14.3. The van der Waals surface area contributed by atoms with Gasteiger partial charge in [0.2, 0.25) is 0 Å². The smallest absolute Gasteiger partial charge is 0.657 e. The standard InChI is InChI=1S/C66H36F6N8.2Zn/c67-65(68,69)63-53-33-29-45(77-53)57(37-13-5-1-6-14-37)41-21-25-49(73-41)61(50-26-22-42(74-50)58(38-15-7-2-8-16-38)46-30-34-54(63)78-46)62-51-27-23-43(75-51)59(39-17-9-3-10-18-39)47-31-35-55(79-47)64(66(70,71)72)56-36-32-48(80-56)60(40-19-11-4-12-20-40)44-24-28-52(62)76-44;;/h1-36H;;/q-4;2*+2. The maximum Gasteiger partial charge on any atom is 2.00 e. The Kier molecular flexibility index (Phi) is 13.8. The summed E-state index contributed by atoms with van der Waals surface area (Å²) >= 11 is 0. The molecule has 0 spiro atoms. The van der Waals surface area contributed by atoms with Crippen LogP contribution in [0.15, 0.2) is 170 Å². The topological polar surface area (TPSA) is 108 Å². The van der Waals surface area contributed by atoms with Crippen LogP contribution in [-0.2, 0) is 51.3 Å². The largest absolute Gasteiger partial charge is 2.00 e. The monoisotopic (exact) mass is 1180 g/mol. The molecule has 0 amide bonds. The zero-order chi connectivity index (χ0) is 54.3. The molecule has 0 atom stereocenters. The summed E-state index contributed by atoms with van der Waals surface area (Å²) in [6, 6.07) is 50.1. The van der Waals surface area contributed by atoms with E-state index in [1.54, 1.807) is 24.3 Å². The van der Waals surface area contributed by atoms with Crippen LogP contribution in [0.1, 0.15) is 56.7 Å². The third-order valence-electron chi connectivity index (χ3n) is 14.3. The van der Waals surface area contributed by atoms with Gasteiger partial charge in [0.05, 0.1) is 56.7 Å². The van der Waals surface area contributed by atoms with Crippen LogP contribution in [-0.4, -0.2) is 19.9 Å². The van der Waals surface area contributed by atoms with Crippen LogP contribution >= 0.6 is 0 Å². The molecule has 10 heterocycles. The van der Waals surface area contributed by atoms with E-state index < -0.39 is 23.5 Å². The summed E-state index contributed by atoms with van der Waals surface area (Å²) < 4.78 is 92.5. The van der Waals surface area contributed by atoms with Crippen molar-refractivity contribution in [1.29, 1.82) is 0 Å². The van der Waals surface area contributed by atoms with Crippen LogP contribution in [0, 0.1) is 0 Å². The third kappa shape index (κ3) is 9.51. The average Bonchev–Trinajstić information content (AvgIpc) is 4.44. The van der Waals surface area contributed by atoms with E-state index in [0.717, 1.165) is 0 Å². The number of fused-ring (bicyclic) bond motifs is 16.